The number of anilines is 1. The fraction of sp³-hybridized carbons (Fsp3) is 0.409. The van der Waals surface area contributed by atoms with Crippen LogP contribution < -0.4 is 10.6 Å². The molecule has 2 N–H and O–H groups in total. The van der Waals surface area contributed by atoms with Crippen LogP contribution >= 0.6 is 0 Å². The summed E-state index contributed by atoms with van der Waals surface area (Å²) < 4.78 is 13.4. The highest BCUT2D eigenvalue weighted by atomic mass is 19.1. The number of benzene rings is 2. The molecular weight excluding hydrogens is 327 g/mol. The SMILES string of the molecule is CC(C)c1cccc(C(C)C)c1NC(=O)NC1CCc2cc(F)ccc21. The lowest BCUT2D eigenvalue weighted by atomic mass is 9.93. The maximum absolute atomic E-state index is 13.4. The van der Waals surface area contributed by atoms with E-state index in [1.165, 1.54) is 6.07 Å². The number of hydrogen-bond donors (Lipinski definition) is 2. The van der Waals surface area contributed by atoms with Gasteiger partial charge in [-0.25, -0.2) is 9.18 Å². The van der Waals surface area contributed by atoms with Gasteiger partial charge < -0.3 is 10.6 Å². The Bertz CT molecular complexity index is 788. The molecule has 1 aliphatic rings. The molecule has 0 fully saturated rings. The number of nitrogens with one attached hydrogen (secondary N) is 2. The fourth-order valence-corrected chi connectivity index (χ4v) is 3.74. The third-order valence-electron chi connectivity index (χ3n) is 5.10. The first-order valence-electron chi connectivity index (χ1n) is 9.35. The molecule has 1 unspecified atom stereocenters. The summed E-state index contributed by atoms with van der Waals surface area (Å²) in [6.07, 6.45) is 1.59. The minimum absolute atomic E-state index is 0.0701. The summed E-state index contributed by atoms with van der Waals surface area (Å²) in [5.41, 5.74) is 5.19. The molecule has 3 rings (SSSR count). The highest BCUT2D eigenvalue weighted by Crippen LogP contribution is 2.34. The van der Waals surface area contributed by atoms with Gasteiger partial charge in [0.2, 0.25) is 0 Å². The molecular formula is C22H27FN2O. The second-order valence-electron chi connectivity index (χ2n) is 7.65. The van der Waals surface area contributed by atoms with Gasteiger partial charge in [-0.3, -0.25) is 0 Å². The number of amides is 2. The number of fused-ring (bicyclic) bond motifs is 1. The molecule has 0 spiro atoms. The molecule has 1 aliphatic carbocycles. The van der Waals surface area contributed by atoms with Crippen molar-refractivity contribution in [1.29, 1.82) is 0 Å². The monoisotopic (exact) mass is 354 g/mol. The van der Waals surface area contributed by atoms with Crippen LogP contribution in [0.2, 0.25) is 0 Å². The summed E-state index contributed by atoms with van der Waals surface area (Å²) in [4.78, 5) is 12.7. The third kappa shape index (κ3) is 3.74. The van der Waals surface area contributed by atoms with Gasteiger partial charge in [0.1, 0.15) is 5.82 Å². The summed E-state index contributed by atoms with van der Waals surface area (Å²) in [5, 5.41) is 6.15. The van der Waals surface area contributed by atoms with Gasteiger partial charge in [-0.1, -0.05) is 52.0 Å². The van der Waals surface area contributed by atoms with Gasteiger partial charge in [0.15, 0.2) is 0 Å². The van der Waals surface area contributed by atoms with Crippen molar-refractivity contribution in [2.75, 3.05) is 5.32 Å². The molecule has 4 heteroatoms. The van der Waals surface area contributed by atoms with Crippen molar-refractivity contribution in [3.05, 3.63) is 64.5 Å². The number of para-hydroxylation sites is 1. The van der Waals surface area contributed by atoms with E-state index < -0.39 is 0 Å². The molecule has 0 saturated heterocycles. The van der Waals surface area contributed by atoms with Crippen LogP contribution in [-0.4, -0.2) is 6.03 Å². The molecule has 26 heavy (non-hydrogen) atoms. The van der Waals surface area contributed by atoms with Gasteiger partial charge in [0.05, 0.1) is 6.04 Å². The quantitative estimate of drug-likeness (QED) is 0.707. The molecule has 2 aromatic rings. The van der Waals surface area contributed by atoms with Gasteiger partial charge in [0, 0.05) is 5.69 Å². The third-order valence-corrected chi connectivity index (χ3v) is 5.10. The van der Waals surface area contributed by atoms with Crippen molar-refractivity contribution in [2.45, 2.75) is 58.4 Å². The number of carbonyl (C=O) groups is 1. The Labute approximate surface area is 155 Å². The Balaban J connectivity index is 1.80. The molecule has 2 aromatic carbocycles. The summed E-state index contributed by atoms with van der Waals surface area (Å²) in [6.45, 7) is 8.52. The Morgan fingerprint density at radius 3 is 2.35 bits per heavy atom. The molecule has 138 valence electrons. The highest BCUT2D eigenvalue weighted by Gasteiger charge is 2.25. The standard InChI is InChI=1S/C22H27FN2O/c1-13(2)17-6-5-7-18(14(3)4)21(17)25-22(26)24-20-11-8-15-12-16(23)9-10-19(15)20/h5-7,9-10,12-14,20H,8,11H2,1-4H3,(H2,24,25,26). The predicted molar refractivity (Wildman–Crippen MR) is 104 cm³/mol. The van der Waals surface area contributed by atoms with Crippen molar-refractivity contribution in [1.82, 2.24) is 5.32 Å². The van der Waals surface area contributed by atoms with E-state index >= 15 is 0 Å². The first kappa shape index (κ1) is 18.4. The summed E-state index contributed by atoms with van der Waals surface area (Å²) in [6, 6.07) is 10.7. The summed E-state index contributed by atoms with van der Waals surface area (Å²) in [5.74, 6) is 0.416. The van der Waals surface area contributed by atoms with Crippen LogP contribution in [0.1, 0.15) is 74.2 Å². The lowest BCUT2D eigenvalue weighted by molar-refractivity contribution is 0.248. The van der Waals surface area contributed by atoms with E-state index in [-0.39, 0.29) is 17.9 Å². The van der Waals surface area contributed by atoms with Crippen LogP contribution in [0.5, 0.6) is 0 Å². The molecule has 0 saturated carbocycles. The maximum atomic E-state index is 13.4. The smallest absolute Gasteiger partial charge is 0.319 e. The Morgan fingerprint density at radius 1 is 1.08 bits per heavy atom. The van der Waals surface area contributed by atoms with Gasteiger partial charge >= 0.3 is 6.03 Å². The first-order chi connectivity index (χ1) is 12.4. The number of urea groups is 1. The number of hydrogen-bond acceptors (Lipinski definition) is 1. The second-order valence-corrected chi connectivity index (χ2v) is 7.65. The van der Waals surface area contributed by atoms with Crippen LogP contribution in [0.25, 0.3) is 0 Å². The van der Waals surface area contributed by atoms with E-state index in [1.54, 1.807) is 12.1 Å². The van der Waals surface area contributed by atoms with Crippen LogP contribution in [-0.2, 0) is 6.42 Å². The van der Waals surface area contributed by atoms with Crippen molar-refractivity contribution in [2.24, 2.45) is 0 Å². The maximum Gasteiger partial charge on any atom is 0.319 e. The van der Waals surface area contributed by atoms with E-state index in [1.807, 2.05) is 0 Å². The molecule has 0 radical (unpaired) electrons. The van der Waals surface area contributed by atoms with E-state index in [4.69, 9.17) is 0 Å². The molecule has 0 heterocycles. The normalized spacial score (nSPS) is 16.0. The zero-order chi connectivity index (χ0) is 18.8. The molecule has 1 atom stereocenters. The van der Waals surface area contributed by atoms with Gasteiger partial charge in [-0.05, 0) is 59.1 Å². The van der Waals surface area contributed by atoms with E-state index in [0.717, 1.165) is 40.8 Å². The van der Waals surface area contributed by atoms with Crippen molar-refractivity contribution in [3.63, 3.8) is 0 Å². The lowest BCUT2D eigenvalue weighted by Crippen LogP contribution is -2.32. The minimum atomic E-state index is -0.221. The highest BCUT2D eigenvalue weighted by molar-refractivity contribution is 5.91. The zero-order valence-electron chi connectivity index (χ0n) is 15.9. The Kier molecular flexibility index (Phi) is 5.30. The molecule has 3 nitrogen and oxygen atoms in total. The molecule has 0 aliphatic heterocycles. The number of halogens is 1. The first-order valence-corrected chi connectivity index (χ1v) is 9.35. The van der Waals surface area contributed by atoms with Crippen LogP contribution in [0.15, 0.2) is 36.4 Å². The van der Waals surface area contributed by atoms with Gasteiger partial charge in [0.25, 0.3) is 0 Å². The van der Waals surface area contributed by atoms with Crippen LogP contribution in [0, 0.1) is 5.82 Å². The van der Waals surface area contributed by atoms with Crippen LogP contribution in [0.4, 0.5) is 14.9 Å². The lowest BCUT2D eigenvalue weighted by Gasteiger charge is -2.22. The Morgan fingerprint density at radius 2 is 1.73 bits per heavy atom. The van der Waals surface area contributed by atoms with Crippen molar-refractivity contribution < 1.29 is 9.18 Å². The van der Waals surface area contributed by atoms with Gasteiger partial charge in [-0.2, -0.15) is 0 Å². The average molecular weight is 354 g/mol. The summed E-state index contributed by atoms with van der Waals surface area (Å²) >= 11 is 0. The predicted octanol–water partition coefficient (Wildman–Crippen LogP) is 5.88. The van der Waals surface area contributed by atoms with E-state index in [0.29, 0.717) is 11.8 Å². The molecule has 0 bridgehead atoms. The minimum Gasteiger partial charge on any atom is -0.331 e. The van der Waals surface area contributed by atoms with Crippen molar-refractivity contribution >= 4 is 11.7 Å². The second kappa shape index (κ2) is 7.48. The van der Waals surface area contributed by atoms with E-state index in [2.05, 4.69) is 56.5 Å². The fourth-order valence-electron chi connectivity index (χ4n) is 3.74. The molecule has 2 amide bonds. The Hall–Kier alpha value is -2.36. The average Bonchev–Trinajstić information content (AvgIpc) is 2.96. The van der Waals surface area contributed by atoms with E-state index in [9.17, 15) is 9.18 Å². The number of aryl methyl sites for hydroxylation is 1. The summed E-state index contributed by atoms with van der Waals surface area (Å²) in [7, 11) is 0. The number of carbonyl (C=O) groups excluding carboxylic acids is 1. The zero-order valence-corrected chi connectivity index (χ0v) is 15.9. The largest absolute Gasteiger partial charge is 0.331 e. The van der Waals surface area contributed by atoms with Gasteiger partial charge in [-0.15, -0.1) is 0 Å². The number of rotatable bonds is 4. The topological polar surface area (TPSA) is 41.1 Å². The molecule has 0 aromatic heterocycles. The van der Waals surface area contributed by atoms with Crippen molar-refractivity contribution in [3.8, 4) is 0 Å². The van der Waals surface area contributed by atoms with Crippen LogP contribution in [0.3, 0.4) is 0 Å².